The summed E-state index contributed by atoms with van der Waals surface area (Å²) in [5, 5.41) is 0.675. The summed E-state index contributed by atoms with van der Waals surface area (Å²) in [5.41, 5.74) is 8.23. The second kappa shape index (κ2) is 4.55. The first-order chi connectivity index (χ1) is 8.69. The normalized spacial score (nSPS) is 17.8. The van der Waals surface area contributed by atoms with Crippen molar-refractivity contribution in [1.29, 1.82) is 0 Å². The van der Waals surface area contributed by atoms with E-state index in [9.17, 15) is 0 Å². The second-order valence-corrected chi connectivity index (χ2v) is 6.26. The number of nitrogens with zero attached hydrogens (tertiary/aromatic N) is 1. The van der Waals surface area contributed by atoms with Crippen LogP contribution < -0.4 is 10.5 Å². The Morgan fingerprint density at radius 3 is 3.11 bits per heavy atom. The van der Waals surface area contributed by atoms with E-state index < -0.39 is 0 Å². The number of aromatic nitrogens is 1. The van der Waals surface area contributed by atoms with Gasteiger partial charge in [-0.3, -0.25) is 0 Å². The Bertz CT molecular complexity index is 597. The number of hydrogen-bond acceptors (Lipinski definition) is 4. The number of nitrogens with two attached hydrogens (primary N) is 1. The summed E-state index contributed by atoms with van der Waals surface area (Å²) in [6.07, 6.45) is 2.13. The summed E-state index contributed by atoms with van der Waals surface area (Å²) < 4.78 is 6.34. The predicted octanol–water partition coefficient (Wildman–Crippen LogP) is 3.57. The molecule has 1 heterocycles. The fraction of sp³-hybridized carbons (Fsp3) is 0.308. The number of methoxy groups -OCH3 is 1. The van der Waals surface area contributed by atoms with Crippen molar-refractivity contribution in [3.8, 4) is 5.75 Å². The van der Waals surface area contributed by atoms with Crippen LogP contribution in [-0.4, -0.2) is 12.1 Å². The van der Waals surface area contributed by atoms with Crippen molar-refractivity contribution in [2.45, 2.75) is 18.8 Å². The molecule has 1 unspecified atom stereocenters. The summed E-state index contributed by atoms with van der Waals surface area (Å²) in [6.45, 7) is 0. The van der Waals surface area contributed by atoms with Crippen LogP contribution in [-0.2, 0) is 6.42 Å². The van der Waals surface area contributed by atoms with Crippen LogP contribution in [0.15, 0.2) is 22.7 Å². The Morgan fingerprint density at radius 2 is 2.33 bits per heavy atom. The molecule has 18 heavy (non-hydrogen) atoms. The third kappa shape index (κ3) is 1.91. The van der Waals surface area contributed by atoms with E-state index in [2.05, 4.69) is 33.0 Å². The molecule has 0 saturated carbocycles. The van der Waals surface area contributed by atoms with Gasteiger partial charge in [-0.1, -0.05) is 6.07 Å². The van der Waals surface area contributed by atoms with Crippen LogP contribution in [0.4, 0.5) is 5.13 Å². The average molecular weight is 325 g/mol. The zero-order valence-electron chi connectivity index (χ0n) is 9.94. The van der Waals surface area contributed by atoms with Gasteiger partial charge in [0, 0.05) is 10.8 Å². The van der Waals surface area contributed by atoms with Gasteiger partial charge < -0.3 is 10.5 Å². The first-order valence-electron chi connectivity index (χ1n) is 5.77. The van der Waals surface area contributed by atoms with Crippen molar-refractivity contribution >= 4 is 32.4 Å². The maximum Gasteiger partial charge on any atom is 0.180 e. The minimum Gasteiger partial charge on any atom is -0.496 e. The SMILES string of the molecule is COc1cc(C2CCc3nc(N)sc32)ccc1Br. The lowest BCUT2D eigenvalue weighted by atomic mass is 9.98. The Hall–Kier alpha value is -1.07. The molecule has 2 aromatic rings. The first kappa shape index (κ1) is 12.0. The lowest BCUT2D eigenvalue weighted by Crippen LogP contribution is -1.96. The van der Waals surface area contributed by atoms with Crippen LogP contribution in [0.2, 0.25) is 0 Å². The molecule has 1 aromatic heterocycles. The van der Waals surface area contributed by atoms with Gasteiger partial charge in [-0.15, -0.1) is 11.3 Å². The minimum atomic E-state index is 0.414. The van der Waals surface area contributed by atoms with Gasteiger partial charge in [0.2, 0.25) is 0 Å². The van der Waals surface area contributed by atoms with Crippen LogP contribution in [0.25, 0.3) is 0 Å². The summed E-state index contributed by atoms with van der Waals surface area (Å²) in [7, 11) is 1.69. The van der Waals surface area contributed by atoms with E-state index >= 15 is 0 Å². The number of ether oxygens (including phenoxy) is 1. The number of anilines is 1. The van der Waals surface area contributed by atoms with E-state index in [0.29, 0.717) is 11.0 Å². The van der Waals surface area contributed by atoms with Crippen molar-refractivity contribution in [3.05, 3.63) is 38.8 Å². The Morgan fingerprint density at radius 1 is 1.50 bits per heavy atom. The maximum absolute atomic E-state index is 5.78. The van der Waals surface area contributed by atoms with E-state index in [4.69, 9.17) is 10.5 Å². The molecule has 0 radical (unpaired) electrons. The molecule has 3 rings (SSSR count). The number of nitrogen functional groups attached to an aromatic ring is 1. The summed E-state index contributed by atoms with van der Waals surface area (Å²) in [5.74, 6) is 1.29. The molecular weight excluding hydrogens is 312 g/mol. The molecule has 3 nitrogen and oxygen atoms in total. The zero-order chi connectivity index (χ0) is 12.7. The first-order valence-corrected chi connectivity index (χ1v) is 7.38. The van der Waals surface area contributed by atoms with Gasteiger partial charge in [-0.2, -0.15) is 0 Å². The summed E-state index contributed by atoms with van der Waals surface area (Å²) >= 11 is 5.09. The van der Waals surface area contributed by atoms with Crippen LogP contribution in [0, 0.1) is 0 Å². The van der Waals surface area contributed by atoms with Gasteiger partial charge in [0.1, 0.15) is 5.75 Å². The Labute approximate surface area is 118 Å². The van der Waals surface area contributed by atoms with E-state index in [0.717, 1.165) is 23.1 Å². The Kier molecular flexibility index (Phi) is 3.03. The maximum atomic E-state index is 5.78. The van der Waals surface area contributed by atoms with Crippen molar-refractivity contribution in [2.75, 3.05) is 12.8 Å². The summed E-state index contributed by atoms with van der Waals surface area (Å²) in [6, 6.07) is 6.28. The number of halogens is 1. The van der Waals surface area contributed by atoms with Crippen LogP contribution in [0.5, 0.6) is 5.75 Å². The van der Waals surface area contributed by atoms with Gasteiger partial charge >= 0.3 is 0 Å². The van der Waals surface area contributed by atoms with Crippen molar-refractivity contribution in [3.63, 3.8) is 0 Å². The highest BCUT2D eigenvalue weighted by atomic mass is 79.9. The standard InChI is InChI=1S/C13H13BrN2OS/c1-17-11-6-7(2-4-9(11)14)8-3-5-10-12(8)18-13(15)16-10/h2,4,6,8H,3,5H2,1H3,(H2,15,16). The highest BCUT2D eigenvalue weighted by Gasteiger charge is 2.28. The molecule has 0 bridgehead atoms. The number of aryl methyl sites for hydroxylation is 1. The highest BCUT2D eigenvalue weighted by molar-refractivity contribution is 9.10. The molecule has 1 aromatic carbocycles. The van der Waals surface area contributed by atoms with Crippen LogP contribution in [0.3, 0.4) is 0 Å². The number of rotatable bonds is 2. The predicted molar refractivity (Wildman–Crippen MR) is 77.4 cm³/mol. The molecule has 5 heteroatoms. The second-order valence-electron chi connectivity index (χ2n) is 4.35. The monoisotopic (exact) mass is 324 g/mol. The molecule has 1 aliphatic rings. The lowest BCUT2D eigenvalue weighted by Gasteiger charge is -2.12. The largest absolute Gasteiger partial charge is 0.496 e. The van der Waals surface area contributed by atoms with Crippen LogP contribution >= 0.6 is 27.3 Å². The summed E-state index contributed by atoms with van der Waals surface area (Å²) in [4.78, 5) is 5.70. The number of benzene rings is 1. The van der Waals surface area contributed by atoms with Gasteiger partial charge in [-0.05, 0) is 46.5 Å². The fourth-order valence-corrected chi connectivity index (χ4v) is 3.91. The molecule has 0 spiro atoms. The molecule has 0 aliphatic heterocycles. The quantitative estimate of drug-likeness (QED) is 0.918. The van der Waals surface area contributed by atoms with Crippen molar-refractivity contribution < 1.29 is 4.74 Å². The highest BCUT2D eigenvalue weighted by Crippen LogP contribution is 2.43. The third-order valence-corrected chi connectivity index (χ3v) is 5.00. The van der Waals surface area contributed by atoms with Gasteiger partial charge in [0.25, 0.3) is 0 Å². The number of hydrogen-bond donors (Lipinski definition) is 1. The van der Waals surface area contributed by atoms with Gasteiger partial charge in [0.05, 0.1) is 17.3 Å². The average Bonchev–Trinajstić information content (AvgIpc) is 2.89. The lowest BCUT2D eigenvalue weighted by molar-refractivity contribution is 0.411. The van der Waals surface area contributed by atoms with Gasteiger partial charge in [0.15, 0.2) is 5.13 Å². The van der Waals surface area contributed by atoms with Crippen molar-refractivity contribution in [1.82, 2.24) is 4.98 Å². The fourth-order valence-electron chi connectivity index (χ4n) is 2.46. The topological polar surface area (TPSA) is 48.1 Å². The molecule has 1 atom stereocenters. The minimum absolute atomic E-state index is 0.414. The van der Waals surface area contributed by atoms with E-state index in [-0.39, 0.29) is 0 Å². The van der Waals surface area contributed by atoms with E-state index in [1.165, 1.54) is 16.1 Å². The van der Waals surface area contributed by atoms with Crippen molar-refractivity contribution in [2.24, 2.45) is 0 Å². The van der Waals surface area contributed by atoms with E-state index in [1.54, 1.807) is 18.4 Å². The van der Waals surface area contributed by atoms with Crippen LogP contribution in [0.1, 0.15) is 28.5 Å². The Balaban J connectivity index is 2.01. The van der Waals surface area contributed by atoms with Gasteiger partial charge in [-0.25, -0.2) is 4.98 Å². The van der Waals surface area contributed by atoms with E-state index in [1.807, 2.05) is 6.07 Å². The molecule has 0 saturated heterocycles. The molecule has 0 amide bonds. The third-order valence-electron chi connectivity index (χ3n) is 3.31. The number of thiazole rings is 1. The zero-order valence-corrected chi connectivity index (χ0v) is 12.3. The smallest absolute Gasteiger partial charge is 0.180 e. The molecule has 94 valence electrons. The molecule has 2 N–H and O–H groups in total. The number of fused-ring (bicyclic) bond motifs is 1. The molecular formula is C13H13BrN2OS. The molecule has 0 fully saturated rings. The molecule has 1 aliphatic carbocycles.